The molecule has 12 heteroatoms. The van der Waals surface area contributed by atoms with E-state index in [1.807, 2.05) is 6.20 Å². The van der Waals surface area contributed by atoms with Crippen LogP contribution in [0.15, 0.2) is 53.8 Å². The third kappa shape index (κ3) is 5.13. The van der Waals surface area contributed by atoms with Crippen LogP contribution in [-0.2, 0) is 10.0 Å². The third-order valence-electron chi connectivity index (χ3n) is 7.23. The Morgan fingerprint density at radius 3 is 2.56 bits per heavy atom. The minimum atomic E-state index is -4.15. The lowest BCUT2D eigenvalue weighted by Gasteiger charge is -2.35. The first-order chi connectivity index (χ1) is 18.6. The summed E-state index contributed by atoms with van der Waals surface area (Å²) in [6, 6.07) is 9.19. The molecule has 206 valence electrons. The number of benzene rings is 2. The van der Waals surface area contributed by atoms with E-state index in [0.717, 1.165) is 25.9 Å². The number of nitrogens with two attached hydrogens (primary N) is 1. The summed E-state index contributed by atoms with van der Waals surface area (Å²) in [7, 11) is -2.72. The molecule has 0 atom stereocenters. The van der Waals surface area contributed by atoms with Crippen molar-refractivity contribution in [3.63, 3.8) is 0 Å². The van der Waals surface area contributed by atoms with Gasteiger partial charge >= 0.3 is 0 Å². The Balaban J connectivity index is 1.53. The van der Waals surface area contributed by atoms with Gasteiger partial charge in [0.2, 0.25) is 0 Å². The summed E-state index contributed by atoms with van der Waals surface area (Å²) in [6.07, 6.45) is 5.09. The van der Waals surface area contributed by atoms with Crippen molar-refractivity contribution in [2.45, 2.75) is 43.7 Å². The Labute approximate surface area is 231 Å². The molecule has 0 amide bonds. The molecular weight excluding hydrogens is 543 g/mol. The van der Waals surface area contributed by atoms with E-state index in [0.29, 0.717) is 28.4 Å². The Bertz CT molecular complexity index is 1630. The second-order valence-electron chi connectivity index (χ2n) is 9.84. The van der Waals surface area contributed by atoms with Crippen LogP contribution in [0.3, 0.4) is 0 Å². The number of anilines is 2. The van der Waals surface area contributed by atoms with Gasteiger partial charge in [0, 0.05) is 42.5 Å². The number of nitrogens with zero attached hydrogens (tertiary/aromatic N) is 4. The SMILES string of the molecule is COc1ccc(S(=O)(=O)Nc2cccc(-c3cn(C4CCN(C(C)C)CC4)c4ncnc(N)c34)c2F)cc1Cl. The van der Waals surface area contributed by atoms with Crippen molar-refractivity contribution in [1.29, 1.82) is 0 Å². The van der Waals surface area contributed by atoms with Gasteiger partial charge in [0.05, 0.1) is 28.1 Å². The van der Waals surface area contributed by atoms with Crippen LogP contribution in [0, 0.1) is 5.82 Å². The molecule has 0 radical (unpaired) electrons. The van der Waals surface area contributed by atoms with E-state index in [2.05, 4.69) is 38.0 Å². The van der Waals surface area contributed by atoms with E-state index in [9.17, 15) is 8.42 Å². The molecule has 0 aliphatic carbocycles. The van der Waals surface area contributed by atoms with E-state index in [1.165, 1.54) is 37.7 Å². The highest BCUT2D eigenvalue weighted by atomic mass is 35.5. The standard InChI is InChI=1S/C27H30ClFN6O3S/c1-16(2)34-11-9-17(10-12-34)35-14-20(24-26(30)31-15-32-27(24)35)19-5-4-6-22(25(19)29)33-39(36,37)18-7-8-23(38-3)21(28)13-18/h4-8,13-17,33H,9-12H2,1-3H3,(H2,30,31,32). The smallest absolute Gasteiger partial charge is 0.262 e. The Hall–Kier alpha value is -3.41. The highest BCUT2D eigenvalue weighted by Crippen LogP contribution is 2.39. The molecule has 4 aromatic rings. The fourth-order valence-electron chi connectivity index (χ4n) is 5.11. The van der Waals surface area contributed by atoms with Crippen LogP contribution < -0.4 is 15.2 Å². The third-order valence-corrected chi connectivity index (χ3v) is 8.89. The Kier molecular flexibility index (Phi) is 7.41. The highest BCUT2D eigenvalue weighted by Gasteiger charge is 2.27. The molecule has 2 aromatic carbocycles. The molecule has 5 rings (SSSR count). The number of aromatic nitrogens is 3. The van der Waals surface area contributed by atoms with Gasteiger partial charge < -0.3 is 19.9 Å². The molecule has 0 spiro atoms. The summed E-state index contributed by atoms with van der Waals surface area (Å²) in [5, 5.41) is 0.654. The quantitative estimate of drug-likeness (QED) is 0.307. The minimum Gasteiger partial charge on any atom is -0.495 e. The number of rotatable bonds is 7. The van der Waals surface area contributed by atoms with Crippen LogP contribution in [-0.4, -0.2) is 54.1 Å². The van der Waals surface area contributed by atoms with Crippen LogP contribution >= 0.6 is 11.6 Å². The number of nitrogens with one attached hydrogen (secondary N) is 1. The summed E-state index contributed by atoms with van der Waals surface area (Å²) in [6.45, 7) is 6.26. The average molecular weight is 573 g/mol. The van der Waals surface area contributed by atoms with Gasteiger partial charge in [0.15, 0.2) is 5.82 Å². The topological polar surface area (TPSA) is 115 Å². The van der Waals surface area contributed by atoms with E-state index >= 15 is 4.39 Å². The molecule has 1 saturated heterocycles. The maximum atomic E-state index is 16.0. The van der Waals surface area contributed by atoms with Crippen LogP contribution in [0.25, 0.3) is 22.2 Å². The number of methoxy groups -OCH3 is 1. The molecule has 3 N–H and O–H groups in total. The summed E-state index contributed by atoms with van der Waals surface area (Å²) in [4.78, 5) is 10.9. The van der Waals surface area contributed by atoms with Crippen molar-refractivity contribution in [2.75, 3.05) is 30.7 Å². The lowest BCUT2D eigenvalue weighted by Crippen LogP contribution is -2.38. The van der Waals surface area contributed by atoms with Gasteiger partial charge in [-0.05, 0) is 51.0 Å². The van der Waals surface area contributed by atoms with Gasteiger partial charge in [-0.25, -0.2) is 22.8 Å². The number of halogens is 2. The maximum absolute atomic E-state index is 16.0. The van der Waals surface area contributed by atoms with Gasteiger partial charge in [0.1, 0.15) is 23.5 Å². The molecule has 39 heavy (non-hydrogen) atoms. The maximum Gasteiger partial charge on any atom is 0.262 e. The van der Waals surface area contributed by atoms with Crippen LogP contribution in [0.2, 0.25) is 5.02 Å². The second kappa shape index (κ2) is 10.6. The van der Waals surface area contributed by atoms with Gasteiger partial charge in [-0.15, -0.1) is 0 Å². The van der Waals surface area contributed by atoms with Gasteiger partial charge in [0.25, 0.3) is 10.0 Å². The summed E-state index contributed by atoms with van der Waals surface area (Å²) in [5.74, 6) is -0.181. The summed E-state index contributed by atoms with van der Waals surface area (Å²) >= 11 is 6.12. The Morgan fingerprint density at radius 1 is 1.15 bits per heavy atom. The number of fused-ring (bicyclic) bond motifs is 1. The first-order valence-corrected chi connectivity index (χ1v) is 14.5. The van der Waals surface area contributed by atoms with Gasteiger partial charge in [-0.2, -0.15) is 0 Å². The molecule has 0 saturated carbocycles. The van der Waals surface area contributed by atoms with Crippen molar-refractivity contribution in [2.24, 2.45) is 0 Å². The van der Waals surface area contributed by atoms with Crippen molar-refractivity contribution >= 4 is 44.2 Å². The summed E-state index contributed by atoms with van der Waals surface area (Å²) < 4.78 is 51.6. The fraction of sp³-hybridized carbons (Fsp3) is 0.333. The van der Waals surface area contributed by atoms with Crippen LogP contribution in [0.4, 0.5) is 15.9 Å². The van der Waals surface area contributed by atoms with E-state index in [-0.39, 0.29) is 33.0 Å². The molecule has 1 aliphatic heterocycles. The lowest BCUT2D eigenvalue weighted by molar-refractivity contribution is 0.153. The largest absolute Gasteiger partial charge is 0.495 e. The zero-order valence-corrected chi connectivity index (χ0v) is 23.4. The number of ether oxygens (including phenoxy) is 1. The van der Waals surface area contributed by atoms with Crippen LogP contribution in [0.5, 0.6) is 5.75 Å². The predicted molar refractivity (Wildman–Crippen MR) is 151 cm³/mol. The van der Waals surface area contributed by atoms with Crippen molar-refractivity contribution < 1.29 is 17.5 Å². The minimum absolute atomic E-state index is 0.122. The molecule has 2 aromatic heterocycles. The average Bonchev–Trinajstić information content (AvgIpc) is 3.30. The lowest BCUT2D eigenvalue weighted by atomic mass is 10.0. The normalized spacial score (nSPS) is 15.2. The molecular formula is C27H30ClFN6O3S. The van der Waals surface area contributed by atoms with Crippen molar-refractivity contribution in [3.05, 3.63) is 59.8 Å². The van der Waals surface area contributed by atoms with Gasteiger partial charge in [-0.3, -0.25) is 4.72 Å². The number of hydrogen-bond donors (Lipinski definition) is 2. The second-order valence-corrected chi connectivity index (χ2v) is 11.9. The molecule has 3 heterocycles. The molecule has 0 bridgehead atoms. The molecule has 1 aliphatic rings. The number of hydrogen-bond acceptors (Lipinski definition) is 7. The number of sulfonamides is 1. The molecule has 1 fully saturated rings. The number of likely N-dealkylation sites (tertiary alicyclic amines) is 1. The number of piperidine rings is 1. The zero-order chi connectivity index (χ0) is 27.9. The fourth-order valence-corrected chi connectivity index (χ4v) is 6.52. The molecule has 9 nitrogen and oxygen atoms in total. The first kappa shape index (κ1) is 27.2. The predicted octanol–water partition coefficient (Wildman–Crippen LogP) is 5.33. The molecule has 0 unspecified atom stereocenters. The summed E-state index contributed by atoms with van der Waals surface area (Å²) in [5.41, 5.74) is 7.38. The van der Waals surface area contributed by atoms with Gasteiger partial charge in [-0.1, -0.05) is 23.7 Å². The Morgan fingerprint density at radius 2 is 1.90 bits per heavy atom. The van der Waals surface area contributed by atoms with E-state index in [4.69, 9.17) is 22.1 Å². The first-order valence-electron chi connectivity index (χ1n) is 12.6. The van der Waals surface area contributed by atoms with Crippen molar-refractivity contribution in [1.82, 2.24) is 19.4 Å². The van der Waals surface area contributed by atoms with E-state index in [1.54, 1.807) is 12.1 Å². The van der Waals surface area contributed by atoms with Crippen LogP contribution in [0.1, 0.15) is 32.7 Å². The zero-order valence-electron chi connectivity index (χ0n) is 21.9. The number of nitrogen functional groups attached to an aromatic ring is 1. The highest BCUT2D eigenvalue weighted by molar-refractivity contribution is 7.92. The monoisotopic (exact) mass is 572 g/mol. The van der Waals surface area contributed by atoms with Crippen molar-refractivity contribution in [3.8, 4) is 16.9 Å². The van der Waals surface area contributed by atoms with E-state index < -0.39 is 15.8 Å².